The van der Waals surface area contributed by atoms with Gasteiger partial charge in [-0.15, -0.1) is 0 Å². The van der Waals surface area contributed by atoms with Crippen LogP contribution < -0.4 is 20.5 Å². The van der Waals surface area contributed by atoms with E-state index in [-0.39, 0.29) is 12.0 Å². The number of hydrogen-bond acceptors (Lipinski definition) is 3. The average Bonchev–Trinajstić information content (AvgIpc) is 3.17. The van der Waals surface area contributed by atoms with Gasteiger partial charge in [0.15, 0.2) is 17.5 Å². The number of halogens is 2. The van der Waals surface area contributed by atoms with Crippen molar-refractivity contribution >= 4 is 11.6 Å². The van der Waals surface area contributed by atoms with Gasteiger partial charge in [-0.25, -0.2) is 13.8 Å². The lowest BCUT2D eigenvalue weighted by Gasteiger charge is -2.10. The molecule has 0 unspecified atom stereocenters. The number of hydrogen-bond donors (Lipinski definition) is 2. The first-order valence-electron chi connectivity index (χ1n) is 6.15. The maximum absolute atomic E-state index is 12.4. The summed E-state index contributed by atoms with van der Waals surface area (Å²) in [5, 5.41) is 2.85. The lowest BCUT2D eigenvalue weighted by molar-refractivity contribution is 0.121. The molecule has 1 aromatic carbocycles. The van der Waals surface area contributed by atoms with E-state index in [2.05, 4.69) is 10.3 Å². The normalized spacial score (nSPS) is 21.8. The molecule has 0 spiro atoms. The summed E-state index contributed by atoms with van der Waals surface area (Å²) in [6, 6.07) is 4.76. The molecule has 0 radical (unpaired) electrons. The zero-order valence-corrected chi connectivity index (χ0v) is 11.3. The number of benzene rings is 1. The van der Waals surface area contributed by atoms with E-state index in [1.165, 1.54) is 7.11 Å². The smallest absolute Gasteiger partial charge is 0.243 e. The predicted octanol–water partition coefficient (Wildman–Crippen LogP) is 2.08. The fraction of sp³-hybridized carbons (Fsp3) is 0.462. The van der Waals surface area contributed by atoms with Gasteiger partial charge in [0.1, 0.15) is 0 Å². The third kappa shape index (κ3) is 3.28. The molecule has 2 rings (SSSR count). The van der Waals surface area contributed by atoms with Gasteiger partial charge in [0, 0.05) is 17.7 Å². The number of ether oxygens (including phenoxy) is 2. The fourth-order valence-corrected chi connectivity index (χ4v) is 1.89. The Morgan fingerprint density at radius 2 is 2.05 bits per heavy atom. The van der Waals surface area contributed by atoms with Crippen molar-refractivity contribution in [2.24, 2.45) is 16.6 Å². The van der Waals surface area contributed by atoms with Crippen molar-refractivity contribution < 1.29 is 18.3 Å². The van der Waals surface area contributed by atoms with Crippen molar-refractivity contribution in [3.63, 3.8) is 0 Å². The number of alkyl halides is 2. The lowest BCUT2D eigenvalue weighted by Crippen LogP contribution is -2.23. The van der Waals surface area contributed by atoms with Crippen LogP contribution >= 0.6 is 0 Å². The van der Waals surface area contributed by atoms with Crippen LogP contribution in [0.2, 0.25) is 0 Å². The fourth-order valence-electron chi connectivity index (χ4n) is 1.89. The molecule has 1 saturated carbocycles. The zero-order chi connectivity index (χ0) is 14.7. The average molecular weight is 285 g/mol. The first-order valence-corrected chi connectivity index (χ1v) is 6.15. The SMILES string of the molecule is COc1ccc(NC(N)=N[C@H]2C[C@@H]2C(F)F)cc1OC. The van der Waals surface area contributed by atoms with Gasteiger partial charge in [0.2, 0.25) is 6.43 Å². The highest BCUT2D eigenvalue weighted by molar-refractivity contribution is 5.92. The van der Waals surface area contributed by atoms with E-state index >= 15 is 0 Å². The number of rotatable bonds is 5. The van der Waals surface area contributed by atoms with E-state index in [0.29, 0.717) is 23.6 Å². The highest BCUT2D eigenvalue weighted by Gasteiger charge is 2.44. The second kappa shape index (κ2) is 5.94. The molecule has 0 amide bonds. The first-order chi connectivity index (χ1) is 9.55. The summed E-state index contributed by atoms with van der Waals surface area (Å²) in [7, 11) is 3.06. The molecule has 2 atom stereocenters. The molecule has 0 aromatic heterocycles. The summed E-state index contributed by atoms with van der Waals surface area (Å²) in [4.78, 5) is 4.02. The standard InChI is InChI=1S/C13H17F2N3O2/c1-19-10-4-3-7(5-11(10)20-2)17-13(16)18-9-6-8(9)12(14)15/h3-5,8-9,12H,6H2,1-2H3,(H3,16,17,18)/t8-,9-/m0/s1. The Hall–Kier alpha value is -2.05. The Balaban J connectivity index is 2.01. The van der Waals surface area contributed by atoms with Crippen molar-refractivity contribution in [2.75, 3.05) is 19.5 Å². The number of guanidine groups is 1. The Morgan fingerprint density at radius 1 is 1.35 bits per heavy atom. The van der Waals surface area contributed by atoms with E-state index in [4.69, 9.17) is 15.2 Å². The molecule has 0 aliphatic heterocycles. The zero-order valence-electron chi connectivity index (χ0n) is 11.3. The molecule has 1 fully saturated rings. The van der Waals surface area contributed by atoms with Crippen LogP contribution in [0.4, 0.5) is 14.5 Å². The van der Waals surface area contributed by atoms with Crippen LogP contribution in [-0.4, -0.2) is 32.6 Å². The summed E-state index contributed by atoms with van der Waals surface area (Å²) in [6.45, 7) is 0. The summed E-state index contributed by atoms with van der Waals surface area (Å²) >= 11 is 0. The monoisotopic (exact) mass is 285 g/mol. The van der Waals surface area contributed by atoms with Gasteiger partial charge in [0.05, 0.1) is 20.3 Å². The van der Waals surface area contributed by atoms with Gasteiger partial charge in [0.25, 0.3) is 0 Å². The maximum Gasteiger partial charge on any atom is 0.243 e. The van der Waals surface area contributed by atoms with Crippen molar-refractivity contribution in [3.8, 4) is 11.5 Å². The van der Waals surface area contributed by atoms with E-state index in [1.807, 2.05) is 0 Å². The van der Waals surface area contributed by atoms with Gasteiger partial charge in [-0.05, 0) is 18.6 Å². The Bertz CT molecular complexity index is 508. The van der Waals surface area contributed by atoms with Gasteiger partial charge >= 0.3 is 0 Å². The van der Waals surface area contributed by atoms with Crippen LogP contribution in [0.15, 0.2) is 23.2 Å². The molecule has 0 heterocycles. The van der Waals surface area contributed by atoms with Gasteiger partial charge in [-0.2, -0.15) is 0 Å². The number of methoxy groups -OCH3 is 2. The minimum atomic E-state index is -2.34. The molecule has 1 aliphatic rings. The van der Waals surface area contributed by atoms with Crippen LogP contribution in [0.1, 0.15) is 6.42 Å². The predicted molar refractivity (Wildman–Crippen MR) is 72.7 cm³/mol. The third-order valence-corrected chi connectivity index (χ3v) is 3.09. The third-order valence-electron chi connectivity index (χ3n) is 3.09. The molecule has 0 saturated heterocycles. The van der Waals surface area contributed by atoms with Crippen LogP contribution in [0.25, 0.3) is 0 Å². The van der Waals surface area contributed by atoms with Gasteiger partial charge in [-0.1, -0.05) is 0 Å². The van der Waals surface area contributed by atoms with Crippen LogP contribution in [0.3, 0.4) is 0 Å². The van der Waals surface area contributed by atoms with E-state index in [0.717, 1.165) is 0 Å². The van der Waals surface area contributed by atoms with Gasteiger partial charge in [-0.3, -0.25) is 0 Å². The van der Waals surface area contributed by atoms with Crippen LogP contribution in [0, 0.1) is 5.92 Å². The van der Waals surface area contributed by atoms with E-state index < -0.39 is 12.3 Å². The molecule has 110 valence electrons. The highest BCUT2D eigenvalue weighted by Crippen LogP contribution is 2.39. The van der Waals surface area contributed by atoms with E-state index in [9.17, 15) is 8.78 Å². The second-order valence-electron chi connectivity index (χ2n) is 4.51. The Kier molecular flexibility index (Phi) is 4.26. The minimum Gasteiger partial charge on any atom is -0.493 e. The summed E-state index contributed by atoms with van der Waals surface area (Å²) in [5.74, 6) is 0.585. The molecule has 1 aliphatic carbocycles. The van der Waals surface area contributed by atoms with Crippen LogP contribution in [0.5, 0.6) is 11.5 Å². The molecule has 20 heavy (non-hydrogen) atoms. The highest BCUT2D eigenvalue weighted by atomic mass is 19.3. The Morgan fingerprint density at radius 3 is 2.60 bits per heavy atom. The van der Waals surface area contributed by atoms with Gasteiger partial charge < -0.3 is 20.5 Å². The minimum absolute atomic E-state index is 0.116. The summed E-state index contributed by atoms with van der Waals surface area (Å²) in [5.41, 5.74) is 6.34. The molecule has 1 aromatic rings. The van der Waals surface area contributed by atoms with Crippen molar-refractivity contribution in [3.05, 3.63) is 18.2 Å². The summed E-state index contributed by atoms with van der Waals surface area (Å²) < 4.78 is 35.0. The number of aliphatic imine (C=N–C) groups is 1. The molecule has 7 heteroatoms. The molecular weight excluding hydrogens is 268 g/mol. The number of nitrogens with two attached hydrogens (primary N) is 1. The molecule has 5 nitrogen and oxygen atoms in total. The lowest BCUT2D eigenvalue weighted by atomic mass is 10.3. The molecular formula is C13H17F2N3O2. The van der Waals surface area contributed by atoms with Crippen LogP contribution in [-0.2, 0) is 0 Å². The van der Waals surface area contributed by atoms with Crippen molar-refractivity contribution in [1.29, 1.82) is 0 Å². The first kappa shape index (κ1) is 14.4. The topological polar surface area (TPSA) is 68.9 Å². The second-order valence-corrected chi connectivity index (χ2v) is 4.51. The molecule has 0 bridgehead atoms. The Labute approximate surface area is 115 Å². The number of anilines is 1. The maximum atomic E-state index is 12.4. The largest absolute Gasteiger partial charge is 0.493 e. The number of nitrogens with one attached hydrogen (secondary N) is 1. The van der Waals surface area contributed by atoms with Crippen molar-refractivity contribution in [2.45, 2.75) is 18.9 Å². The quantitative estimate of drug-likeness (QED) is 0.642. The molecule has 3 N–H and O–H groups in total. The summed E-state index contributed by atoms with van der Waals surface area (Å²) in [6.07, 6.45) is -1.95. The van der Waals surface area contributed by atoms with Crippen molar-refractivity contribution in [1.82, 2.24) is 0 Å². The van der Waals surface area contributed by atoms with E-state index in [1.54, 1.807) is 25.3 Å². The number of nitrogens with zero attached hydrogens (tertiary/aromatic N) is 1.